The maximum absolute atomic E-state index is 13.8. The van der Waals surface area contributed by atoms with Gasteiger partial charge in [-0.05, 0) is 45.7 Å². The number of aromatic amines is 1. The summed E-state index contributed by atoms with van der Waals surface area (Å²) in [5.74, 6) is 0.973. The van der Waals surface area contributed by atoms with E-state index in [0.717, 1.165) is 40.9 Å². The number of tetrazole rings is 1. The molecule has 0 aliphatic rings. The highest BCUT2D eigenvalue weighted by Crippen LogP contribution is 2.32. The van der Waals surface area contributed by atoms with E-state index in [-0.39, 0.29) is 16.6 Å². The van der Waals surface area contributed by atoms with Crippen LogP contribution in [0.15, 0.2) is 66.9 Å². The number of benzene rings is 2. The maximum Gasteiger partial charge on any atom is 0.230 e. The number of H-pyrrole nitrogens is 1. The second kappa shape index (κ2) is 12.9. The highest BCUT2D eigenvalue weighted by molar-refractivity contribution is 6.33. The number of aryl methyl sites for hydroxylation is 1. The minimum absolute atomic E-state index is 0.152. The van der Waals surface area contributed by atoms with Crippen molar-refractivity contribution in [1.82, 2.24) is 35.2 Å². The molecule has 11 heteroatoms. The fraction of sp³-hybridized carbons (Fsp3) is 0.267. The van der Waals surface area contributed by atoms with Crippen molar-refractivity contribution in [3.8, 4) is 22.5 Å². The Morgan fingerprint density at radius 3 is 2.51 bits per heavy atom. The minimum Gasteiger partial charge on any atom is -0.352 e. The smallest absolute Gasteiger partial charge is 0.230 e. The number of unbranched alkanes of at least 4 members (excludes halogenated alkanes) is 1. The van der Waals surface area contributed by atoms with Gasteiger partial charge in [0.25, 0.3) is 0 Å². The van der Waals surface area contributed by atoms with E-state index in [1.807, 2.05) is 53.1 Å². The number of nitrogens with zero attached hydrogens (tertiary/aromatic N) is 6. The molecule has 210 valence electrons. The molecule has 41 heavy (non-hydrogen) atoms. The van der Waals surface area contributed by atoms with Crippen molar-refractivity contribution in [1.29, 1.82) is 0 Å². The molecule has 0 fully saturated rings. The highest BCUT2D eigenvalue weighted by Gasteiger charge is 2.25. The van der Waals surface area contributed by atoms with Gasteiger partial charge in [0.2, 0.25) is 5.78 Å². The fourth-order valence-corrected chi connectivity index (χ4v) is 5.04. The van der Waals surface area contributed by atoms with Gasteiger partial charge < -0.3 is 14.0 Å². The normalized spacial score (nSPS) is 11.3. The fourth-order valence-electron chi connectivity index (χ4n) is 4.76. The molecule has 0 spiro atoms. The Balaban J connectivity index is 1.54. The van der Waals surface area contributed by atoms with Crippen molar-refractivity contribution >= 4 is 17.4 Å². The summed E-state index contributed by atoms with van der Waals surface area (Å²) in [5, 5.41) is 14.7. The number of carbonyl (C=O) groups excluding carboxylic acids is 1. The van der Waals surface area contributed by atoms with Crippen molar-refractivity contribution in [3.05, 3.63) is 100 Å². The van der Waals surface area contributed by atoms with Crippen molar-refractivity contribution < 1.29 is 14.3 Å². The summed E-state index contributed by atoms with van der Waals surface area (Å²) in [6.07, 6.45) is 3.56. The van der Waals surface area contributed by atoms with E-state index < -0.39 is 6.29 Å². The van der Waals surface area contributed by atoms with Crippen LogP contribution in [-0.4, -0.2) is 55.2 Å². The quantitative estimate of drug-likeness (QED) is 0.150. The monoisotopic (exact) mass is 571 g/mol. The molecular weight excluding hydrogens is 542 g/mol. The van der Waals surface area contributed by atoms with E-state index in [2.05, 4.69) is 37.5 Å². The molecule has 2 aromatic carbocycles. The van der Waals surface area contributed by atoms with Gasteiger partial charge in [-0.1, -0.05) is 73.5 Å². The lowest BCUT2D eigenvalue weighted by Gasteiger charge is -2.15. The third-order valence-corrected chi connectivity index (χ3v) is 7.07. The topological polar surface area (TPSA) is 121 Å². The second-order valence-corrected chi connectivity index (χ2v) is 9.82. The summed E-state index contributed by atoms with van der Waals surface area (Å²) >= 11 is 6.63. The average molecular weight is 572 g/mol. The van der Waals surface area contributed by atoms with E-state index in [9.17, 15) is 4.79 Å². The first-order valence-corrected chi connectivity index (χ1v) is 13.6. The van der Waals surface area contributed by atoms with Crippen molar-refractivity contribution in [2.75, 3.05) is 14.2 Å². The number of hydrogen-bond donors (Lipinski definition) is 1. The van der Waals surface area contributed by atoms with E-state index in [4.69, 9.17) is 21.1 Å². The Bertz CT molecular complexity index is 1600. The first-order valence-electron chi connectivity index (χ1n) is 13.3. The highest BCUT2D eigenvalue weighted by atomic mass is 35.5. The molecule has 0 aliphatic carbocycles. The standard InChI is InChI=1S/C30H30ClN7O3/c1-4-5-11-25-33-28(31)26(27(39)24-15-13-21(17-32-24)30(40-2)41-3)38(25)18-19-12-14-22(20-9-7-6-8-10-20)23(16-19)29-34-36-37-35-29/h6-10,12-17,30H,4-5,11,18H2,1-3H3,(H,34,35,36,37). The zero-order chi connectivity index (χ0) is 28.8. The predicted molar refractivity (Wildman–Crippen MR) is 154 cm³/mol. The molecule has 0 saturated heterocycles. The number of aromatic nitrogens is 7. The molecule has 10 nitrogen and oxygen atoms in total. The van der Waals surface area contributed by atoms with Gasteiger partial charge >= 0.3 is 0 Å². The van der Waals surface area contributed by atoms with Crippen molar-refractivity contribution in [2.24, 2.45) is 0 Å². The summed E-state index contributed by atoms with van der Waals surface area (Å²) in [6, 6.07) is 19.5. The molecule has 0 radical (unpaired) electrons. The van der Waals surface area contributed by atoms with Crippen molar-refractivity contribution in [3.63, 3.8) is 0 Å². The summed E-state index contributed by atoms with van der Waals surface area (Å²) in [7, 11) is 3.08. The number of ether oxygens (including phenoxy) is 2. The molecule has 3 heterocycles. The van der Waals surface area contributed by atoms with Crippen LogP contribution in [0.5, 0.6) is 0 Å². The molecule has 0 bridgehead atoms. The number of imidazole rings is 1. The van der Waals surface area contributed by atoms with Crippen LogP contribution in [0.2, 0.25) is 5.15 Å². The number of hydrogen-bond acceptors (Lipinski definition) is 8. The first-order chi connectivity index (χ1) is 20.0. The molecule has 0 unspecified atom stereocenters. The SMILES string of the molecule is CCCCc1nc(Cl)c(C(=O)c2ccc(C(OC)OC)cn2)n1Cc1ccc(-c2ccccc2)c(-c2nnn[nH]2)c1. The summed E-state index contributed by atoms with van der Waals surface area (Å²) in [5.41, 5.74) is 5.03. The van der Waals surface area contributed by atoms with E-state index in [0.29, 0.717) is 30.0 Å². The maximum atomic E-state index is 13.8. The Hall–Kier alpha value is -4.25. The lowest BCUT2D eigenvalue weighted by molar-refractivity contribution is -0.106. The number of ketones is 1. The molecule has 0 amide bonds. The Morgan fingerprint density at radius 2 is 1.85 bits per heavy atom. The number of halogens is 1. The number of carbonyl (C=O) groups is 1. The van der Waals surface area contributed by atoms with Crippen LogP contribution in [-0.2, 0) is 22.4 Å². The lowest BCUT2D eigenvalue weighted by atomic mass is 9.97. The van der Waals surface area contributed by atoms with Crippen LogP contribution in [0.25, 0.3) is 22.5 Å². The van der Waals surface area contributed by atoms with Gasteiger partial charge in [0.15, 0.2) is 17.3 Å². The lowest BCUT2D eigenvalue weighted by Crippen LogP contribution is -2.15. The van der Waals surface area contributed by atoms with Crippen LogP contribution in [0.3, 0.4) is 0 Å². The first kappa shape index (κ1) is 28.3. The summed E-state index contributed by atoms with van der Waals surface area (Å²) in [4.78, 5) is 22.8. The van der Waals surface area contributed by atoms with Crippen LogP contribution < -0.4 is 0 Å². The van der Waals surface area contributed by atoms with Gasteiger partial charge in [-0.25, -0.2) is 10.1 Å². The zero-order valence-corrected chi connectivity index (χ0v) is 23.8. The van der Waals surface area contributed by atoms with Gasteiger partial charge in [-0.2, -0.15) is 0 Å². The third-order valence-electron chi connectivity index (χ3n) is 6.80. The largest absolute Gasteiger partial charge is 0.352 e. The van der Waals surface area contributed by atoms with Gasteiger partial charge in [0.1, 0.15) is 17.2 Å². The summed E-state index contributed by atoms with van der Waals surface area (Å²) < 4.78 is 12.5. The van der Waals surface area contributed by atoms with Gasteiger partial charge in [-0.3, -0.25) is 9.78 Å². The average Bonchev–Trinajstić information content (AvgIpc) is 3.65. The van der Waals surface area contributed by atoms with Crippen LogP contribution in [0, 0.1) is 0 Å². The van der Waals surface area contributed by atoms with Gasteiger partial charge in [0.05, 0.1) is 0 Å². The predicted octanol–water partition coefficient (Wildman–Crippen LogP) is 5.69. The molecule has 3 aromatic heterocycles. The number of pyridine rings is 1. The van der Waals surface area contributed by atoms with E-state index in [1.54, 1.807) is 32.5 Å². The molecule has 0 saturated carbocycles. The molecule has 5 aromatic rings. The van der Waals surface area contributed by atoms with Crippen molar-refractivity contribution in [2.45, 2.75) is 39.0 Å². The Kier molecular flexibility index (Phi) is 8.93. The van der Waals surface area contributed by atoms with E-state index >= 15 is 0 Å². The molecule has 5 rings (SSSR count). The second-order valence-electron chi connectivity index (χ2n) is 9.46. The molecule has 0 aliphatic heterocycles. The minimum atomic E-state index is -0.575. The summed E-state index contributed by atoms with van der Waals surface area (Å²) in [6.45, 7) is 2.48. The Morgan fingerprint density at radius 1 is 1.05 bits per heavy atom. The van der Waals surface area contributed by atoms with Gasteiger partial charge in [0, 0.05) is 44.5 Å². The molecular formula is C30H30ClN7O3. The van der Waals surface area contributed by atoms with Gasteiger partial charge in [-0.15, -0.1) is 5.10 Å². The zero-order valence-electron chi connectivity index (χ0n) is 23.0. The number of methoxy groups -OCH3 is 2. The number of rotatable bonds is 12. The molecule has 0 atom stereocenters. The van der Waals surface area contributed by atoms with Crippen LogP contribution >= 0.6 is 11.6 Å². The van der Waals surface area contributed by atoms with E-state index in [1.165, 1.54) is 0 Å². The van der Waals surface area contributed by atoms with Crippen LogP contribution in [0.1, 0.15) is 59.2 Å². The Labute approximate surface area is 242 Å². The molecule has 1 N–H and O–H groups in total. The number of nitrogens with one attached hydrogen (secondary N) is 1. The van der Waals surface area contributed by atoms with Crippen LogP contribution in [0.4, 0.5) is 0 Å². The third kappa shape index (κ3) is 6.09.